The molecule has 3 rings (SSSR count). The molecule has 5 nitrogen and oxygen atoms in total. The van der Waals surface area contributed by atoms with Crippen molar-refractivity contribution in [3.8, 4) is 0 Å². The summed E-state index contributed by atoms with van der Waals surface area (Å²) in [7, 11) is 0. The second-order valence-electron chi connectivity index (χ2n) is 8.50. The van der Waals surface area contributed by atoms with E-state index in [1.165, 1.54) is 5.56 Å². The van der Waals surface area contributed by atoms with E-state index in [-0.39, 0.29) is 11.9 Å². The second kappa shape index (κ2) is 8.68. The number of piperidine rings is 1. The van der Waals surface area contributed by atoms with E-state index in [0.29, 0.717) is 19.6 Å². The van der Waals surface area contributed by atoms with E-state index in [0.717, 1.165) is 35.2 Å². The molecule has 5 heteroatoms. The molecule has 0 aromatic heterocycles. The average Bonchev–Trinajstić information content (AvgIpc) is 2.69. The first-order valence-corrected chi connectivity index (χ1v) is 10.2. The van der Waals surface area contributed by atoms with Crippen LogP contribution in [-0.2, 0) is 11.3 Å². The van der Waals surface area contributed by atoms with E-state index < -0.39 is 5.41 Å². The third-order valence-corrected chi connectivity index (χ3v) is 5.73. The van der Waals surface area contributed by atoms with E-state index in [1.54, 1.807) is 4.90 Å². The van der Waals surface area contributed by atoms with E-state index in [2.05, 4.69) is 16.7 Å². The highest BCUT2D eigenvalue weighted by atomic mass is 16.2. The number of urea groups is 1. The molecule has 0 aliphatic carbocycles. The smallest absolute Gasteiger partial charge is 0.321 e. The first-order chi connectivity index (χ1) is 13.8. The summed E-state index contributed by atoms with van der Waals surface area (Å²) < 4.78 is 0. The molecule has 0 unspecified atom stereocenters. The van der Waals surface area contributed by atoms with E-state index in [4.69, 9.17) is 0 Å². The topological polar surface area (TPSA) is 61.4 Å². The van der Waals surface area contributed by atoms with Crippen LogP contribution in [0.4, 0.5) is 10.5 Å². The lowest BCUT2D eigenvalue weighted by atomic mass is 9.81. The van der Waals surface area contributed by atoms with Crippen LogP contribution in [0.1, 0.15) is 42.0 Å². The maximum absolute atomic E-state index is 12.9. The summed E-state index contributed by atoms with van der Waals surface area (Å²) in [4.78, 5) is 27.5. The second-order valence-corrected chi connectivity index (χ2v) is 8.50. The van der Waals surface area contributed by atoms with Gasteiger partial charge in [-0.1, -0.05) is 47.5 Å². The Morgan fingerprint density at radius 3 is 2.41 bits per heavy atom. The van der Waals surface area contributed by atoms with Crippen molar-refractivity contribution in [3.05, 3.63) is 64.7 Å². The van der Waals surface area contributed by atoms with Gasteiger partial charge >= 0.3 is 6.03 Å². The van der Waals surface area contributed by atoms with Gasteiger partial charge in [-0.3, -0.25) is 4.79 Å². The molecule has 2 N–H and O–H groups in total. The van der Waals surface area contributed by atoms with Crippen molar-refractivity contribution >= 4 is 17.6 Å². The van der Waals surface area contributed by atoms with Crippen LogP contribution in [0.3, 0.4) is 0 Å². The molecule has 3 amide bonds. The molecule has 1 heterocycles. The number of anilines is 1. The average molecular weight is 394 g/mol. The fourth-order valence-electron chi connectivity index (χ4n) is 3.85. The van der Waals surface area contributed by atoms with Crippen molar-refractivity contribution in [2.75, 3.05) is 18.4 Å². The van der Waals surface area contributed by atoms with Gasteiger partial charge in [0.1, 0.15) is 0 Å². The van der Waals surface area contributed by atoms with Crippen molar-refractivity contribution in [2.24, 2.45) is 5.41 Å². The first kappa shape index (κ1) is 20.9. The Labute approximate surface area is 173 Å². The third kappa shape index (κ3) is 5.17. The number of nitrogens with zero attached hydrogens (tertiary/aromatic N) is 1. The first-order valence-electron chi connectivity index (χ1n) is 10.2. The number of carbonyl (C=O) groups excluding carboxylic acids is 2. The summed E-state index contributed by atoms with van der Waals surface area (Å²) in [5.41, 5.74) is 4.71. The van der Waals surface area contributed by atoms with Crippen molar-refractivity contribution in [1.29, 1.82) is 0 Å². The Morgan fingerprint density at radius 1 is 1.03 bits per heavy atom. The number of nitrogens with one attached hydrogen (secondary N) is 2. The normalized spacial score (nSPS) is 19.0. The zero-order chi connectivity index (χ0) is 21.0. The van der Waals surface area contributed by atoms with Gasteiger partial charge in [-0.15, -0.1) is 0 Å². The molecule has 1 aliphatic heterocycles. The highest BCUT2D eigenvalue weighted by Crippen LogP contribution is 2.30. The van der Waals surface area contributed by atoms with E-state index in [9.17, 15) is 9.59 Å². The van der Waals surface area contributed by atoms with Gasteiger partial charge in [-0.25, -0.2) is 4.79 Å². The Balaban J connectivity index is 1.60. The minimum Gasteiger partial charge on any atom is -0.351 e. The Hall–Kier alpha value is -2.82. The summed E-state index contributed by atoms with van der Waals surface area (Å²) in [5.74, 6) is 0.00194. The number of aryl methyl sites for hydroxylation is 3. The van der Waals surface area contributed by atoms with Crippen LogP contribution < -0.4 is 10.6 Å². The molecule has 2 aromatic rings. The molecule has 0 bridgehead atoms. The van der Waals surface area contributed by atoms with Gasteiger partial charge < -0.3 is 15.5 Å². The molecule has 1 atom stereocenters. The maximum Gasteiger partial charge on any atom is 0.321 e. The van der Waals surface area contributed by atoms with Crippen LogP contribution in [0, 0.1) is 26.2 Å². The molecule has 0 radical (unpaired) electrons. The lowest BCUT2D eigenvalue weighted by Gasteiger charge is -2.39. The fraction of sp³-hybridized carbons (Fsp3) is 0.417. The molecular formula is C24H31N3O2. The molecule has 0 spiro atoms. The molecule has 154 valence electrons. The van der Waals surface area contributed by atoms with Crippen LogP contribution >= 0.6 is 0 Å². The molecule has 29 heavy (non-hydrogen) atoms. The van der Waals surface area contributed by atoms with Gasteiger partial charge in [0, 0.05) is 25.3 Å². The lowest BCUT2D eigenvalue weighted by Crippen LogP contribution is -2.52. The number of likely N-dealkylation sites (tertiary alicyclic amines) is 1. The summed E-state index contributed by atoms with van der Waals surface area (Å²) in [6.07, 6.45) is 1.59. The van der Waals surface area contributed by atoms with Crippen LogP contribution in [0.2, 0.25) is 0 Å². The Bertz CT molecular complexity index is 891. The van der Waals surface area contributed by atoms with Gasteiger partial charge in [0.25, 0.3) is 0 Å². The SMILES string of the molecule is Cc1ccc(CNC(=O)[C@@]2(C)CCCN(C(=O)Nc3ccc(C)cc3C)C2)cc1. The third-order valence-electron chi connectivity index (χ3n) is 5.73. The summed E-state index contributed by atoms with van der Waals surface area (Å²) >= 11 is 0. The quantitative estimate of drug-likeness (QED) is 0.800. The molecular weight excluding hydrogens is 362 g/mol. The van der Waals surface area contributed by atoms with E-state index >= 15 is 0 Å². The van der Waals surface area contributed by atoms with Crippen molar-refractivity contribution in [3.63, 3.8) is 0 Å². The number of hydrogen-bond acceptors (Lipinski definition) is 2. The summed E-state index contributed by atoms with van der Waals surface area (Å²) in [6.45, 7) is 9.60. The number of rotatable bonds is 4. The Morgan fingerprint density at radius 2 is 1.72 bits per heavy atom. The molecule has 0 saturated carbocycles. The molecule has 1 fully saturated rings. The minimum atomic E-state index is -0.581. The Kier molecular flexibility index (Phi) is 6.26. The zero-order valence-electron chi connectivity index (χ0n) is 17.8. The predicted molar refractivity (Wildman–Crippen MR) is 117 cm³/mol. The predicted octanol–water partition coefficient (Wildman–Crippen LogP) is 4.56. The maximum atomic E-state index is 12.9. The van der Waals surface area contributed by atoms with Crippen molar-refractivity contribution in [2.45, 2.75) is 47.1 Å². The number of amides is 3. The van der Waals surface area contributed by atoms with Gasteiger partial charge in [0.05, 0.1) is 5.41 Å². The number of carbonyl (C=O) groups is 2. The summed E-state index contributed by atoms with van der Waals surface area (Å²) in [5, 5.41) is 6.06. The molecule has 1 saturated heterocycles. The standard InChI is InChI=1S/C24H31N3O2/c1-17-6-9-20(10-7-17)15-25-22(28)24(4)12-5-13-27(16-24)23(29)26-21-11-8-18(2)14-19(21)3/h6-11,14H,5,12-13,15-16H2,1-4H3,(H,25,28)(H,26,29)/t24-/m0/s1. The monoisotopic (exact) mass is 393 g/mol. The highest BCUT2D eigenvalue weighted by Gasteiger charge is 2.39. The van der Waals surface area contributed by atoms with Gasteiger partial charge in [-0.2, -0.15) is 0 Å². The zero-order valence-corrected chi connectivity index (χ0v) is 17.8. The number of hydrogen-bond donors (Lipinski definition) is 2. The number of benzene rings is 2. The van der Waals surface area contributed by atoms with Crippen molar-refractivity contribution in [1.82, 2.24) is 10.2 Å². The largest absolute Gasteiger partial charge is 0.351 e. The lowest BCUT2D eigenvalue weighted by molar-refractivity contribution is -0.132. The van der Waals surface area contributed by atoms with Crippen LogP contribution in [0.25, 0.3) is 0 Å². The fourth-order valence-corrected chi connectivity index (χ4v) is 3.85. The molecule has 2 aromatic carbocycles. The highest BCUT2D eigenvalue weighted by molar-refractivity contribution is 5.91. The van der Waals surface area contributed by atoms with Gasteiger partial charge in [-0.05, 0) is 57.7 Å². The van der Waals surface area contributed by atoms with E-state index in [1.807, 2.05) is 64.1 Å². The van der Waals surface area contributed by atoms with Crippen LogP contribution in [0.5, 0.6) is 0 Å². The van der Waals surface area contributed by atoms with Crippen LogP contribution in [0.15, 0.2) is 42.5 Å². The molecule has 1 aliphatic rings. The van der Waals surface area contributed by atoms with Crippen molar-refractivity contribution < 1.29 is 9.59 Å². The summed E-state index contributed by atoms with van der Waals surface area (Å²) in [6, 6.07) is 14.0. The van der Waals surface area contributed by atoms with Crippen LogP contribution in [-0.4, -0.2) is 29.9 Å². The van der Waals surface area contributed by atoms with Gasteiger partial charge in [0.2, 0.25) is 5.91 Å². The minimum absolute atomic E-state index is 0.00194. The van der Waals surface area contributed by atoms with Gasteiger partial charge in [0.15, 0.2) is 0 Å².